The van der Waals surface area contributed by atoms with Crippen molar-refractivity contribution < 1.29 is 18.0 Å². The SMILES string of the molecule is O=C(CCl)N(c1ccc2occc2n1)c1c(F)cccc1F. The number of para-hydroxylation sites is 1. The molecule has 1 amide bonds. The number of benzene rings is 1. The molecule has 1 aromatic carbocycles. The fraction of sp³-hybridized carbons (Fsp3) is 0.0667. The van der Waals surface area contributed by atoms with Gasteiger partial charge in [-0.1, -0.05) is 6.07 Å². The second-order valence-corrected chi connectivity index (χ2v) is 4.67. The molecule has 7 heteroatoms. The molecule has 2 aromatic heterocycles. The van der Waals surface area contributed by atoms with Crippen molar-refractivity contribution in [2.24, 2.45) is 0 Å². The number of nitrogens with zero attached hydrogens (tertiary/aromatic N) is 2. The predicted octanol–water partition coefficient (Wildman–Crippen LogP) is 4.01. The van der Waals surface area contributed by atoms with Crippen LogP contribution in [0.1, 0.15) is 0 Å². The van der Waals surface area contributed by atoms with E-state index in [4.69, 9.17) is 16.0 Å². The average Bonchev–Trinajstić information content (AvgIpc) is 2.98. The Balaban J connectivity index is 2.20. The molecule has 0 saturated carbocycles. The summed E-state index contributed by atoms with van der Waals surface area (Å²) in [5, 5.41) is 0. The largest absolute Gasteiger partial charge is 0.463 e. The average molecular weight is 323 g/mol. The predicted molar refractivity (Wildman–Crippen MR) is 78.2 cm³/mol. The van der Waals surface area contributed by atoms with E-state index < -0.39 is 29.1 Å². The molecular formula is C15H9ClF2N2O2. The summed E-state index contributed by atoms with van der Waals surface area (Å²) in [6, 6.07) is 7.91. The van der Waals surface area contributed by atoms with E-state index in [9.17, 15) is 13.6 Å². The van der Waals surface area contributed by atoms with Crippen molar-refractivity contribution in [2.75, 3.05) is 10.8 Å². The lowest BCUT2D eigenvalue weighted by Crippen LogP contribution is -2.29. The summed E-state index contributed by atoms with van der Waals surface area (Å²) in [6.07, 6.45) is 1.43. The van der Waals surface area contributed by atoms with Gasteiger partial charge in [0.1, 0.15) is 34.5 Å². The number of aromatic nitrogens is 1. The van der Waals surface area contributed by atoms with Crippen LogP contribution in [0.4, 0.5) is 20.3 Å². The first-order valence-electron chi connectivity index (χ1n) is 6.29. The summed E-state index contributed by atoms with van der Waals surface area (Å²) in [7, 11) is 0. The second kappa shape index (κ2) is 5.73. The molecule has 4 nitrogen and oxygen atoms in total. The zero-order valence-electron chi connectivity index (χ0n) is 11.1. The lowest BCUT2D eigenvalue weighted by atomic mass is 10.2. The van der Waals surface area contributed by atoms with E-state index >= 15 is 0 Å². The summed E-state index contributed by atoms with van der Waals surface area (Å²) in [4.78, 5) is 17.1. The third kappa shape index (κ3) is 2.42. The maximum Gasteiger partial charge on any atom is 0.247 e. The van der Waals surface area contributed by atoms with E-state index in [1.165, 1.54) is 18.4 Å². The van der Waals surface area contributed by atoms with Gasteiger partial charge in [0, 0.05) is 6.07 Å². The number of halogens is 3. The minimum Gasteiger partial charge on any atom is -0.463 e. The van der Waals surface area contributed by atoms with Crippen LogP contribution in [0.3, 0.4) is 0 Å². The van der Waals surface area contributed by atoms with Crippen molar-refractivity contribution in [3.63, 3.8) is 0 Å². The van der Waals surface area contributed by atoms with E-state index in [1.54, 1.807) is 12.1 Å². The van der Waals surface area contributed by atoms with Crippen LogP contribution >= 0.6 is 11.6 Å². The van der Waals surface area contributed by atoms with Crippen LogP contribution in [0.2, 0.25) is 0 Å². The van der Waals surface area contributed by atoms with Crippen LogP contribution in [0.15, 0.2) is 47.1 Å². The fourth-order valence-corrected chi connectivity index (χ4v) is 2.22. The topological polar surface area (TPSA) is 46.3 Å². The highest BCUT2D eigenvalue weighted by Crippen LogP contribution is 2.31. The molecule has 0 aliphatic carbocycles. The molecule has 0 aliphatic heterocycles. The number of carbonyl (C=O) groups is 1. The standard InChI is InChI=1S/C15H9ClF2N2O2/c16-8-14(21)20(15-9(17)2-1-3-10(15)18)13-5-4-12-11(19-13)6-7-22-12/h1-7H,8H2. The molecule has 0 N–H and O–H groups in total. The maximum atomic E-state index is 14.0. The van der Waals surface area contributed by atoms with Crippen molar-refractivity contribution >= 4 is 40.1 Å². The minimum atomic E-state index is -0.882. The Hall–Kier alpha value is -2.47. The summed E-state index contributed by atoms with van der Waals surface area (Å²) in [6.45, 7) is 0. The zero-order valence-corrected chi connectivity index (χ0v) is 11.8. The van der Waals surface area contributed by atoms with Crippen LogP contribution in [-0.4, -0.2) is 16.8 Å². The third-order valence-corrected chi connectivity index (χ3v) is 3.27. The van der Waals surface area contributed by atoms with Crippen molar-refractivity contribution in [1.29, 1.82) is 0 Å². The summed E-state index contributed by atoms with van der Waals surface area (Å²) >= 11 is 5.57. The fourth-order valence-electron chi connectivity index (χ4n) is 2.10. The van der Waals surface area contributed by atoms with Gasteiger partial charge in [-0.3, -0.25) is 9.69 Å². The van der Waals surface area contributed by atoms with Gasteiger partial charge < -0.3 is 4.42 Å². The Morgan fingerprint density at radius 1 is 1.18 bits per heavy atom. The number of anilines is 2. The number of alkyl halides is 1. The number of rotatable bonds is 3. The minimum absolute atomic E-state index is 0.0588. The van der Waals surface area contributed by atoms with Crippen LogP contribution in [0.25, 0.3) is 11.1 Å². The highest BCUT2D eigenvalue weighted by atomic mass is 35.5. The van der Waals surface area contributed by atoms with Gasteiger partial charge in [-0.15, -0.1) is 11.6 Å². The maximum absolute atomic E-state index is 14.0. The van der Waals surface area contributed by atoms with Gasteiger partial charge in [0.25, 0.3) is 0 Å². The van der Waals surface area contributed by atoms with E-state index in [1.807, 2.05) is 0 Å². The Labute approximate surface area is 128 Å². The molecular weight excluding hydrogens is 314 g/mol. The monoisotopic (exact) mass is 322 g/mol. The lowest BCUT2D eigenvalue weighted by molar-refractivity contribution is -0.115. The summed E-state index contributed by atoms with van der Waals surface area (Å²) in [5.41, 5.74) is 0.446. The number of amides is 1. The van der Waals surface area contributed by atoms with Crippen molar-refractivity contribution in [3.8, 4) is 0 Å². The first kappa shape index (κ1) is 14.5. The smallest absolute Gasteiger partial charge is 0.247 e. The quantitative estimate of drug-likeness (QED) is 0.684. The molecule has 0 atom stereocenters. The van der Waals surface area contributed by atoms with Crippen LogP contribution in [0.5, 0.6) is 0 Å². The molecule has 0 aliphatic rings. The third-order valence-electron chi connectivity index (χ3n) is 3.05. The van der Waals surface area contributed by atoms with Gasteiger partial charge >= 0.3 is 0 Å². The Kier molecular flexibility index (Phi) is 3.77. The van der Waals surface area contributed by atoms with Gasteiger partial charge in [0.2, 0.25) is 5.91 Å². The van der Waals surface area contributed by atoms with Crippen LogP contribution < -0.4 is 4.90 Å². The second-order valence-electron chi connectivity index (χ2n) is 4.41. The Bertz CT molecular complexity index is 830. The zero-order chi connectivity index (χ0) is 15.7. The van der Waals surface area contributed by atoms with Gasteiger partial charge in [-0.05, 0) is 24.3 Å². The molecule has 0 fully saturated rings. The number of furan rings is 1. The molecule has 22 heavy (non-hydrogen) atoms. The molecule has 112 valence electrons. The van der Waals surface area contributed by atoms with Crippen molar-refractivity contribution in [2.45, 2.75) is 0 Å². The first-order chi connectivity index (χ1) is 10.6. The van der Waals surface area contributed by atoms with Crippen LogP contribution in [0, 0.1) is 11.6 Å². The van der Waals surface area contributed by atoms with E-state index in [-0.39, 0.29) is 5.82 Å². The van der Waals surface area contributed by atoms with Gasteiger partial charge in [0.05, 0.1) is 6.26 Å². The molecule has 0 unspecified atom stereocenters. The highest BCUT2D eigenvalue weighted by Gasteiger charge is 2.25. The molecule has 3 aromatic rings. The number of carbonyl (C=O) groups excluding carboxylic acids is 1. The van der Waals surface area contributed by atoms with Crippen LogP contribution in [-0.2, 0) is 4.79 Å². The number of hydrogen-bond acceptors (Lipinski definition) is 3. The molecule has 2 heterocycles. The first-order valence-corrected chi connectivity index (χ1v) is 6.82. The number of hydrogen-bond donors (Lipinski definition) is 0. The van der Waals surface area contributed by atoms with Crippen molar-refractivity contribution in [1.82, 2.24) is 4.98 Å². The number of pyridine rings is 1. The molecule has 3 rings (SSSR count). The molecule has 0 radical (unpaired) electrons. The summed E-state index contributed by atoms with van der Waals surface area (Å²) < 4.78 is 33.2. The molecule has 0 spiro atoms. The number of fused-ring (bicyclic) bond motifs is 1. The Morgan fingerprint density at radius 3 is 2.59 bits per heavy atom. The normalized spacial score (nSPS) is 10.9. The molecule has 0 bridgehead atoms. The summed E-state index contributed by atoms with van der Waals surface area (Å²) in [5.74, 6) is -2.84. The van der Waals surface area contributed by atoms with Crippen molar-refractivity contribution in [3.05, 3.63) is 54.3 Å². The van der Waals surface area contributed by atoms with Gasteiger partial charge in [0.15, 0.2) is 5.58 Å². The highest BCUT2D eigenvalue weighted by molar-refractivity contribution is 6.30. The van der Waals surface area contributed by atoms with Gasteiger partial charge in [-0.25, -0.2) is 13.8 Å². The molecule has 0 saturated heterocycles. The van der Waals surface area contributed by atoms with E-state index in [2.05, 4.69) is 4.98 Å². The Morgan fingerprint density at radius 2 is 1.91 bits per heavy atom. The van der Waals surface area contributed by atoms with E-state index in [0.717, 1.165) is 17.0 Å². The van der Waals surface area contributed by atoms with Gasteiger partial charge in [-0.2, -0.15) is 0 Å². The van der Waals surface area contributed by atoms with E-state index in [0.29, 0.717) is 11.1 Å². The lowest BCUT2D eigenvalue weighted by Gasteiger charge is -2.21.